The Hall–Kier alpha value is -1.84. The highest BCUT2D eigenvalue weighted by atomic mass is 35.5. The van der Waals surface area contributed by atoms with Crippen LogP contribution in [0.1, 0.15) is 18.1 Å². The largest absolute Gasteiger partial charge is 0.417 e. The summed E-state index contributed by atoms with van der Waals surface area (Å²) in [4.78, 5) is 3.75. The number of pyridine rings is 1. The van der Waals surface area contributed by atoms with Gasteiger partial charge in [0.15, 0.2) is 0 Å². The summed E-state index contributed by atoms with van der Waals surface area (Å²) in [5.74, 6) is 0.0474. The second-order valence-corrected chi connectivity index (χ2v) is 7.55. The van der Waals surface area contributed by atoms with Crippen molar-refractivity contribution < 1.29 is 21.6 Å². The third kappa shape index (κ3) is 5.33. The smallest absolute Gasteiger partial charge is 0.368 e. The first kappa shape index (κ1) is 20.5. The van der Waals surface area contributed by atoms with Gasteiger partial charge in [0.2, 0.25) is 10.0 Å². The van der Waals surface area contributed by atoms with E-state index in [4.69, 9.17) is 11.6 Å². The third-order valence-corrected chi connectivity index (χ3v) is 5.28. The van der Waals surface area contributed by atoms with E-state index in [1.807, 2.05) is 6.92 Å². The van der Waals surface area contributed by atoms with E-state index >= 15 is 0 Å². The van der Waals surface area contributed by atoms with Gasteiger partial charge in [-0.2, -0.15) is 13.2 Å². The molecule has 26 heavy (non-hydrogen) atoms. The van der Waals surface area contributed by atoms with Crippen LogP contribution in [0.2, 0.25) is 5.02 Å². The molecule has 2 rings (SSSR count). The Morgan fingerprint density at radius 1 is 1.15 bits per heavy atom. The zero-order valence-electron chi connectivity index (χ0n) is 13.8. The highest BCUT2D eigenvalue weighted by Gasteiger charge is 2.31. The summed E-state index contributed by atoms with van der Waals surface area (Å²) < 4.78 is 64.4. The summed E-state index contributed by atoms with van der Waals surface area (Å²) in [6, 6.07) is 7.26. The normalized spacial score (nSPS) is 12.2. The molecule has 0 fully saturated rings. The quantitative estimate of drug-likeness (QED) is 0.686. The fraction of sp³-hybridized carbons (Fsp3) is 0.312. The molecule has 1 aromatic heterocycles. The molecule has 5 nitrogen and oxygen atoms in total. The van der Waals surface area contributed by atoms with Crippen molar-refractivity contribution in [3.63, 3.8) is 0 Å². The van der Waals surface area contributed by atoms with Crippen LogP contribution in [0.5, 0.6) is 0 Å². The van der Waals surface area contributed by atoms with Crippen molar-refractivity contribution in [2.45, 2.75) is 24.4 Å². The molecule has 0 saturated carbocycles. The lowest BCUT2D eigenvalue weighted by Crippen LogP contribution is -2.29. The van der Waals surface area contributed by atoms with Crippen molar-refractivity contribution in [2.75, 3.05) is 18.4 Å². The molecule has 0 aliphatic carbocycles. The Bertz CT molecular complexity index is 856. The van der Waals surface area contributed by atoms with Crippen LogP contribution >= 0.6 is 11.6 Å². The predicted molar refractivity (Wildman–Crippen MR) is 93.7 cm³/mol. The molecule has 2 N–H and O–H groups in total. The van der Waals surface area contributed by atoms with Gasteiger partial charge in [0.25, 0.3) is 0 Å². The maximum atomic E-state index is 12.6. The first-order valence-corrected chi connectivity index (χ1v) is 9.55. The maximum Gasteiger partial charge on any atom is 0.417 e. The van der Waals surface area contributed by atoms with Crippen molar-refractivity contribution in [3.05, 3.63) is 52.7 Å². The second-order valence-electron chi connectivity index (χ2n) is 5.37. The summed E-state index contributed by atoms with van der Waals surface area (Å²) in [6.07, 6.45) is -3.07. The molecule has 0 unspecified atom stereocenters. The molecule has 1 heterocycles. The van der Waals surface area contributed by atoms with Crippen molar-refractivity contribution in [1.29, 1.82) is 0 Å². The molecule has 0 aliphatic rings. The summed E-state index contributed by atoms with van der Waals surface area (Å²) in [5.41, 5.74) is 0.0675. The minimum Gasteiger partial charge on any atom is -0.368 e. The number of anilines is 1. The number of hydrogen-bond acceptors (Lipinski definition) is 4. The van der Waals surface area contributed by atoms with Crippen LogP contribution in [0.4, 0.5) is 19.0 Å². The average molecular weight is 408 g/mol. The topological polar surface area (TPSA) is 71.1 Å². The first-order chi connectivity index (χ1) is 12.1. The number of nitrogens with zero attached hydrogens (tertiary/aromatic N) is 1. The number of nitrogens with one attached hydrogen (secondary N) is 2. The van der Waals surface area contributed by atoms with E-state index in [9.17, 15) is 21.6 Å². The van der Waals surface area contributed by atoms with Crippen LogP contribution in [0.3, 0.4) is 0 Å². The molecule has 0 amide bonds. The van der Waals surface area contributed by atoms with E-state index in [2.05, 4.69) is 15.0 Å². The fourth-order valence-corrected chi connectivity index (χ4v) is 3.34. The van der Waals surface area contributed by atoms with E-state index in [1.54, 1.807) is 12.1 Å². The van der Waals surface area contributed by atoms with E-state index in [0.717, 1.165) is 18.1 Å². The Balaban J connectivity index is 1.91. The lowest BCUT2D eigenvalue weighted by molar-refractivity contribution is -0.137. The van der Waals surface area contributed by atoms with Gasteiger partial charge < -0.3 is 5.32 Å². The Kier molecular flexibility index (Phi) is 6.48. The monoisotopic (exact) mass is 407 g/mol. The summed E-state index contributed by atoms with van der Waals surface area (Å²) >= 11 is 5.77. The number of hydrogen-bond donors (Lipinski definition) is 2. The van der Waals surface area contributed by atoms with Gasteiger partial charge in [-0.25, -0.2) is 18.1 Å². The highest BCUT2D eigenvalue weighted by Crippen LogP contribution is 2.32. The first-order valence-electron chi connectivity index (χ1n) is 7.68. The molecule has 2 aromatic rings. The van der Waals surface area contributed by atoms with E-state index in [1.165, 1.54) is 12.1 Å². The number of aryl methyl sites for hydroxylation is 1. The number of halogens is 4. The van der Waals surface area contributed by atoms with Crippen molar-refractivity contribution in [1.82, 2.24) is 9.71 Å². The summed E-state index contributed by atoms with van der Waals surface area (Å²) in [5, 5.41) is 2.50. The van der Waals surface area contributed by atoms with Crippen LogP contribution in [0, 0.1) is 0 Å². The minimum absolute atomic E-state index is 0.0108. The lowest BCUT2D eigenvalue weighted by atomic mass is 10.2. The van der Waals surface area contributed by atoms with Gasteiger partial charge in [0.1, 0.15) is 5.82 Å². The highest BCUT2D eigenvalue weighted by molar-refractivity contribution is 7.89. The molecule has 0 atom stereocenters. The minimum atomic E-state index is -4.53. The SMILES string of the molecule is CCc1ccc(S(=O)(=O)NCCNc2ncc(C(F)(F)F)cc2Cl)cc1. The van der Waals surface area contributed by atoms with Crippen LogP contribution < -0.4 is 10.0 Å². The standard InChI is InChI=1S/C16H17ClF3N3O2S/c1-2-11-3-5-13(6-4-11)26(24,25)23-8-7-21-15-14(17)9-12(10-22-15)16(18,19)20/h3-6,9-10,23H,2,7-8H2,1H3,(H,21,22). The lowest BCUT2D eigenvalue weighted by Gasteiger charge is -2.11. The molecule has 0 aliphatic heterocycles. The van der Waals surface area contributed by atoms with E-state index < -0.39 is 21.8 Å². The molecule has 142 valence electrons. The Morgan fingerprint density at radius 2 is 1.81 bits per heavy atom. The van der Waals surface area contributed by atoms with Crippen molar-refractivity contribution >= 4 is 27.4 Å². The van der Waals surface area contributed by atoms with Gasteiger partial charge in [0.05, 0.1) is 15.5 Å². The number of sulfonamides is 1. The maximum absolute atomic E-state index is 12.6. The molecule has 0 saturated heterocycles. The van der Waals surface area contributed by atoms with Crippen LogP contribution in [0.15, 0.2) is 41.4 Å². The molecular formula is C16H17ClF3N3O2S. The fourth-order valence-electron chi connectivity index (χ4n) is 2.08. The predicted octanol–water partition coefficient (Wildman–Crippen LogP) is 3.71. The van der Waals surface area contributed by atoms with Crippen molar-refractivity contribution in [2.24, 2.45) is 0 Å². The van der Waals surface area contributed by atoms with Gasteiger partial charge in [-0.05, 0) is 30.2 Å². The van der Waals surface area contributed by atoms with Crippen molar-refractivity contribution in [3.8, 4) is 0 Å². The molecular weight excluding hydrogens is 391 g/mol. The average Bonchev–Trinajstić information content (AvgIpc) is 2.59. The van der Waals surface area contributed by atoms with E-state index in [0.29, 0.717) is 6.20 Å². The van der Waals surface area contributed by atoms with Gasteiger partial charge in [-0.3, -0.25) is 0 Å². The van der Waals surface area contributed by atoms with Gasteiger partial charge in [0, 0.05) is 19.3 Å². The van der Waals surface area contributed by atoms with Gasteiger partial charge in [-0.1, -0.05) is 30.7 Å². The number of benzene rings is 1. The van der Waals surface area contributed by atoms with Crippen LogP contribution in [-0.4, -0.2) is 26.5 Å². The van der Waals surface area contributed by atoms with Crippen LogP contribution in [-0.2, 0) is 22.6 Å². The zero-order valence-corrected chi connectivity index (χ0v) is 15.3. The second kappa shape index (κ2) is 8.24. The number of aromatic nitrogens is 1. The summed E-state index contributed by atoms with van der Waals surface area (Å²) in [6.45, 7) is 2.08. The molecule has 10 heteroatoms. The molecule has 0 radical (unpaired) electrons. The van der Waals surface area contributed by atoms with E-state index in [-0.39, 0.29) is 28.8 Å². The number of alkyl halides is 3. The summed E-state index contributed by atoms with van der Waals surface area (Å²) in [7, 11) is -3.67. The van der Waals surface area contributed by atoms with Gasteiger partial charge >= 0.3 is 6.18 Å². The molecule has 1 aromatic carbocycles. The van der Waals surface area contributed by atoms with Gasteiger partial charge in [-0.15, -0.1) is 0 Å². The number of rotatable bonds is 7. The zero-order chi connectivity index (χ0) is 19.4. The molecule has 0 spiro atoms. The Morgan fingerprint density at radius 3 is 2.35 bits per heavy atom. The van der Waals surface area contributed by atoms with Crippen LogP contribution in [0.25, 0.3) is 0 Å². The molecule has 0 bridgehead atoms. The Labute approximate surface area is 154 Å². The third-order valence-electron chi connectivity index (χ3n) is 3.52.